The van der Waals surface area contributed by atoms with Crippen LogP contribution in [0.5, 0.6) is 0 Å². The van der Waals surface area contributed by atoms with Gasteiger partial charge in [0.2, 0.25) is 0 Å². The summed E-state index contributed by atoms with van der Waals surface area (Å²) < 4.78 is 4.61. The highest BCUT2D eigenvalue weighted by molar-refractivity contribution is 6.16. The molecule has 0 radical (unpaired) electrons. The molecule has 0 aromatic heterocycles. The predicted octanol–water partition coefficient (Wildman–Crippen LogP) is -0.0740. The van der Waals surface area contributed by atoms with E-state index in [1.807, 2.05) is 0 Å². The van der Waals surface area contributed by atoms with Crippen molar-refractivity contribution in [2.45, 2.75) is 19.4 Å². The Kier molecular flexibility index (Phi) is 3.47. The Hall–Kier alpha value is -1.36. The highest BCUT2D eigenvalue weighted by atomic mass is 16.5. The van der Waals surface area contributed by atoms with Crippen LogP contribution in [0.3, 0.4) is 0 Å². The minimum absolute atomic E-state index is 0.145. The molecule has 2 aliphatic rings. The fraction of sp³-hybridized carbons (Fsp3) is 0.667. The zero-order valence-corrected chi connectivity index (χ0v) is 10.2. The van der Waals surface area contributed by atoms with Gasteiger partial charge >= 0.3 is 5.97 Å². The molecule has 2 heterocycles. The molecule has 0 aromatic rings. The first-order chi connectivity index (χ1) is 8.15. The van der Waals surface area contributed by atoms with Gasteiger partial charge in [-0.25, -0.2) is 4.79 Å². The minimum atomic E-state index is -0.547. The van der Waals surface area contributed by atoms with Gasteiger partial charge in [-0.15, -0.1) is 0 Å². The maximum Gasteiger partial charge on any atom is 0.343 e. The summed E-state index contributed by atoms with van der Waals surface area (Å²) >= 11 is 0. The molecule has 0 spiro atoms. The van der Waals surface area contributed by atoms with E-state index in [1.165, 1.54) is 7.11 Å². The Morgan fingerprint density at radius 1 is 1.65 bits per heavy atom. The maximum absolute atomic E-state index is 11.7. The minimum Gasteiger partial charge on any atom is -0.465 e. The molecule has 0 bridgehead atoms. The monoisotopic (exact) mass is 238 g/mol. The van der Waals surface area contributed by atoms with Crippen molar-refractivity contribution in [2.75, 3.05) is 26.7 Å². The van der Waals surface area contributed by atoms with E-state index in [-0.39, 0.29) is 23.4 Å². The predicted molar refractivity (Wildman–Crippen MR) is 62.3 cm³/mol. The molecule has 1 amide bonds. The lowest BCUT2D eigenvalue weighted by Crippen LogP contribution is -2.53. The molecule has 17 heavy (non-hydrogen) atoms. The first-order valence-electron chi connectivity index (χ1n) is 5.99. The average Bonchev–Trinajstić information content (AvgIpc) is 2.36. The smallest absolute Gasteiger partial charge is 0.343 e. The van der Waals surface area contributed by atoms with E-state index in [9.17, 15) is 9.59 Å². The van der Waals surface area contributed by atoms with Crippen molar-refractivity contribution < 1.29 is 14.3 Å². The van der Waals surface area contributed by atoms with Crippen molar-refractivity contribution in [3.8, 4) is 0 Å². The van der Waals surface area contributed by atoms with E-state index in [0.717, 1.165) is 26.1 Å². The van der Waals surface area contributed by atoms with Gasteiger partial charge in [0.1, 0.15) is 5.57 Å². The van der Waals surface area contributed by atoms with Crippen molar-refractivity contribution in [1.29, 1.82) is 0 Å². The molecule has 1 N–H and O–H groups in total. The van der Waals surface area contributed by atoms with Crippen LogP contribution in [0.2, 0.25) is 0 Å². The fourth-order valence-corrected chi connectivity index (χ4v) is 2.49. The summed E-state index contributed by atoms with van der Waals surface area (Å²) in [6, 6.07) is 0.165. The molecule has 0 aliphatic carbocycles. The molecule has 94 valence electrons. The zero-order valence-electron chi connectivity index (χ0n) is 10.2. The molecule has 0 saturated carbocycles. The molecule has 0 aromatic carbocycles. The summed E-state index contributed by atoms with van der Waals surface area (Å²) in [5.74, 6) is -0.631. The number of hydrogen-bond donors (Lipinski definition) is 1. The normalized spacial score (nSPS) is 29.1. The number of nitrogens with zero attached hydrogens (tertiary/aromatic N) is 1. The third-order valence-corrected chi connectivity index (χ3v) is 3.54. The van der Waals surface area contributed by atoms with Gasteiger partial charge in [-0.3, -0.25) is 4.79 Å². The number of esters is 1. The Bertz CT molecular complexity index is 365. The Labute approximate surface area is 101 Å². The second-order valence-electron chi connectivity index (χ2n) is 4.50. The van der Waals surface area contributed by atoms with Crippen molar-refractivity contribution in [3.05, 3.63) is 11.6 Å². The standard InChI is InChI=1S/C12H18N2O3/c1-3-14-5-4-10-8(7-14)6-9(11(15)13-10)12(16)17-2/h6,8,10H,3-5,7H2,1-2H3,(H,13,15)/t8-,10+/m0/s1. The van der Waals surface area contributed by atoms with Crippen LogP contribution < -0.4 is 5.32 Å². The number of likely N-dealkylation sites (tertiary alicyclic amines) is 1. The summed E-state index contributed by atoms with van der Waals surface area (Å²) in [4.78, 5) is 25.5. The molecule has 0 unspecified atom stereocenters. The van der Waals surface area contributed by atoms with E-state index in [2.05, 4.69) is 21.9 Å². The van der Waals surface area contributed by atoms with Gasteiger partial charge in [-0.2, -0.15) is 0 Å². The van der Waals surface area contributed by atoms with Crippen LogP contribution in [0.15, 0.2) is 11.6 Å². The Balaban J connectivity index is 2.17. The SMILES string of the molecule is CCN1CC[C@H]2NC(=O)C(C(=O)OC)=C[C@H]2C1. The molecule has 1 saturated heterocycles. The number of carbonyl (C=O) groups excluding carboxylic acids is 2. The average molecular weight is 238 g/mol. The quantitative estimate of drug-likeness (QED) is 0.540. The van der Waals surface area contributed by atoms with Gasteiger partial charge < -0.3 is 15.0 Å². The third kappa shape index (κ3) is 2.34. The van der Waals surface area contributed by atoms with Crippen molar-refractivity contribution in [3.63, 3.8) is 0 Å². The number of rotatable bonds is 2. The topological polar surface area (TPSA) is 58.6 Å². The lowest BCUT2D eigenvalue weighted by Gasteiger charge is -2.39. The van der Waals surface area contributed by atoms with Crippen molar-refractivity contribution >= 4 is 11.9 Å². The number of amides is 1. The lowest BCUT2D eigenvalue weighted by atomic mass is 9.87. The van der Waals surface area contributed by atoms with E-state index < -0.39 is 5.97 Å². The Morgan fingerprint density at radius 3 is 3.06 bits per heavy atom. The number of methoxy groups -OCH3 is 1. The largest absolute Gasteiger partial charge is 0.465 e. The third-order valence-electron chi connectivity index (χ3n) is 3.54. The zero-order chi connectivity index (χ0) is 12.4. The number of hydrogen-bond acceptors (Lipinski definition) is 4. The highest BCUT2D eigenvalue weighted by Gasteiger charge is 2.35. The second kappa shape index (κ2) is 4.87. The molecular formula is C12H18N2O3. The number of carbonyl (C=O) groups is 2. The molecule has 1 fully saturated rings. The van der Waals surface area contributed by atoms with Gasteiger partial charge in [0.25, 0.3) is 5.91 Å². The molecule has 5 heteroatoms. The molecule has 5 nitrogen and oxygen atoms in total. The van der Waals surface area contributed by atoms with Crippen molar-refractivity contribution in [2.24, 2.45) is 5.92 Å². The van der Waals surface area contributed by atoms with E-state index in [0.29, 0.717) is 0 Å². The van der Waals surface area contributed by atoms with Crippen LogP contribution >= 0.6 is 0 Å². The van der Waals surface area contributed by atoms with Crippen LogP contribution in [0.1, 0.15) is 13.3 Å². The van der Waals surface area contributed by atoms with E-state index in [4.69, 9.17) is 0 Å². The number of ether oxygens (including phenoxy) is 1. The van der Waals surface area contributed by atoms with Crippen LogP contribution in [0, 0.1) is 5.92 Å². The van der Waals surface area contributed by atoms with Gasteiger partial charge in [-0.1, -0.05) is 13.0 Å². The van der Waals surface area contributed by atoms with Crippen LogP contribution in [-0.2, 0) is 14.3 Å². The first kappa shape index (κ1) is 12.1. The maximum atomic E-state index is 11.7. The Morgan fingerprint density at radius 2 is 2.41 bits per heavy atom. The summed E-state index contributed by atoms with van der Waals surface area (Å²) in [6.45, 7) is 5.01. The van der Waals surface area contributed by atoms with Gasteiger partial charge in [0.05, 0.1) is 7.11 Å². The van der Waals surface area contributed by atoms with Crippen molar-refractivity contribution in [1.82, 2.24) is 10.2 Å². The number of piperidine rings is 1. The molecule has 2 rings (SSSR count). The van der Waals surface area contributed by atoms with Gasteiger partial charge in [0, 0.05) is 25.0 Å². The van der Waals surface area contributed by atoms with Gasteiger partial charge in [-0.05, 0) is 13.0 Å². The number of fused-ring (bicyclic) bond motifs is 1. The molecule has 2 aliphatic heterocycles. The number of nitrogens with one attached hydrogen (secondary N) is 1. The van der Waals surface area contributed by atoms with E-state index in [1.54, 1.807) is 6.08 Å². The first-order valence-corrected chi connectivity index (χ1v) is 5.99. The molecule has 2 atom stereocenters. The van der Waals surface area contributed by atoms with Crippen LogP contribution in [0.25, 0.3) is 0 Å². The van der Waals surface area contributed by atoms with E-state index >= 15 is 0 Å². The lowest BCUT2D eigenvalue weighted by molar-refractivity contribution is -0.138. The second-order valence-corrected chi connectivity index (χ2v) is 4.50. The molecular weight excluding hydrogens is 220 g/mol. The summed E-state index contributed by atoms with van der Waals surface area (Å²) in [7, 11) is 1.29. The fourth-order valence-electron chi connectivity index (χ4n) is 2.49. The van der Waals surface area contributed by atoms with Gasteiger partial charge in [0.15, 0.2) is 0 Å². The summed E-state index contributed by atoms with van der Waals surface area (Å²) in [5, 5.41) is 2.89. The highest BCUT2D eigenvalue weighted by Crippen LogP contribution is 2.24. The van der Waals surface area contributed by atoms with Crippen LogP contribution in [0.4, 0.5) is 0 Å². The van der Waals surface area contributed by atoms with Crippen LogP contribution in [-0.4, -0.2) is 49.6 Å². The summed E-state index contributed by atoms with van der Waals surface area (Å²) in [6.07, 6.45) is 2.71. The summed E-state index contributed by atoms with van der Waals surface area (Å²) in [5.41, 5.74) is 0.145.